The molecule has 12 heteroatoms. The summed E-state index contributed by atoms with van der Waals surface area (Å²) in [7, 11) is 1.23. The molecule has 0 radical (unpaired) electrons. The van der Waals surface area contributed by atoms with Gasteiger partial charge in [0.2, 0.25) is 5.91 Å². The van der Waals surface area contributed by atoms with Crippen LogP contribution in [0.3, 0.4) is 0 Å². The van der Waals surface area contributed by atoms with Gasteiger partial charge in [-0.05, 0) is 36.9 Å². The Morgan fingerprint density at radius 3 is 2.39 bits per heavy atom. The molecule has 12 nitrogen and oxygen atoms in total. The van der Waals surface area contributed by atoms with Crippen LogP contribution in [0, 0.1) is 5.92 Å². The number of hydrogen-bond acceptors (Lipinski definition) is 8. The number of nitrogens with two attached hydrogens (primary N) is 1. The summed E-state index contributed by atoms with van der Waals surface area (Å²) in [6, 6.07) is 4.63. The Balaban J connectivity index is 2.04. The molecule has 210 valence electrons. The number of rotatable bonds is 16. The number of fused-ring (bicyclic) bond motifs is 1. The molecule has 0 bridgehead atoms. The molecule has 2 amide bonds. The van der Waals surface area contributed by atoms with E-state index >= 15 is 0 Å². The van der Waals surface area contributed by atoms with Crippen LogP contribution in [0.15, 0.2) is 30.5 Å². The summed E-state index contributed by atoms with van der Waals surface area (Å²) >= 11 is 0. The van der Waals surface area contributed by atoms with Crippen molar-refractivity contribution in [3.63, 3.8) is 0 Å². The molecule has 0 fully saturated rings. The number of aliphatic hydroxyl groups is 1. The van der Waals surface area contributed by atoms with Crippen molar-refractivity contribution in [2.75, 3.05) is 20.2 Å². The maximum atomic E-state index is 13.2. The molecule has 0 unspecified atom stereocenters. The zero-order valence-corrected chi connectivity index (χ0v) is 22.0. The van der Waals surface area contributed by atoms with Crippen molar-refractivity contribution in [3.05, 3.63) is 36.0 Å². The van der Waals surface area contributed by atoms with Gasteiger partial charge in [-0.2, -0.15) is 0 Å². The second kappa shape index (κ2) is 15.1. The van der Waals surface area contributed by atoms with Gasteiger partial charge >= 0.3 is 11.9 Å². The van der Waals surface area contributed by atoms with Crippen molar-refractivity contribution in [1.29, 1.82) is 0 Å². The van der Waals surface area contributed by atoms with Gasteiger partial charge in [0.25, 0.3) is 5.91 Å². The van der Waals surface area contributed by atoms with Gasteiger partial charge in [-0.3, -0.25) is 14.4 Å². The lowest BCUT2D eigenvalue weighted by Gasteiger charge is -2.25. The van der Waals surface area contributed by atoms with Crippen molar-refractivity contribution in [1.82, 2.24) is 20.9 Å². The first-order valence-electron chi connectivity index (χ1n) is 12.6. The monoisotopic (exact) mass is 533 g/mol. The lowest BCUT2D eigenvalue weighted by Crippen LogP contribution is -2.56. The first kappa shape index (κ1) is 30.7. The number of aliphatic carboxylic acids is 1. The summed E-state index contributed by atoms with van der Waals surface area (Å²) in [4.78, 5) is 52.2. The number of para-hydroxylation sites is 1. The molecule has 4 atom stereocenters. The summed E-state index contributed by atoms with van der Waals surface area (Å²) in [5, 5.41) is 28.1. The van der Waals surface area contributed by atoms with Gasteiger partial charge in [-0.1, -0.05) is 32.0 Å². The maximum absolute atomic E-state index is 13.2. The number of nitrogens with one attached hydrogen (secondary N) is 4. The normalized spacial score (nSPS) is 14.5. The van der Waals surface area contributed by atoms with E-state index in [4.69, 9.17) is 15.6 Å². The SMILES string of the molecule is COC(=O)[C@H](Cc1c[nH]c2ccccc12)NC(=O)[C@H](CC(C)C)NC(=O)[C@@H](O)[C@H](N)CCNCCC(=O)O. The Morgan fingerprint density at radius 1 is 1.05 bits per heavy atom. The molecular formula is C26H39N5O7. The van der Waals surface area contributed by atoms with Crippen LogP contribution in [0.4, 0.5) is 0 Å². The minimum atomic E-state index is -1.58. The lowest BCUT2D eigenvalue weighted by molar-refractivity contribution is -0.145. The minimum absolute atomic E-state index is 0.0143. The van der Waals surface area contributed by atoms with Crippen LogP contribution < -0.4 is 21.7 Å². The fourth-order valence-corrected chi connectivity index (χ4v) is 4.03. The van der Waals surface area contributed by atoms with E-state index in [1.807, 2.05) is 38.1 Å². The van der Waals surface area contributed by atoms with Crippen LogP contribution in [0.5, 0.6) is 0 Å². The molecule has 1 aromatic carbocycles. The highest BCUT2D eigenvalue weighted by atomic mass is 16.5. The second-order valence-electron chi connectivity index (χ2n) is 9.63. The Bertz CT molecular complexity index is 1090. The van der Waals surface area contributed by atoms with Crippen LogP contribution in [0.2, 0.25) is 0 Å². The topological polar surface area (TPSA) is 196 Å². The van der Waals surface area contributed by atoms with Crippen LogP contribution in [0.25, 0.3) is 10.9 Å². The Hall–Kier alpha value is -3.48. The molecule has 2 aromatic rings. The summed E-state index contributed by atoms with van der Waals surface area (Å²) in [6.07, 6.45) is 0.779. The van der Waals surface area contributed by atoms with Crippen molar-refractivity contribution in [2.45, 2.75) is 63.8 Å². The van der Waals surface area contributed by atoms with E-state index in [-0.39, 0.29) is 38.1 Å². The number of methoxy groups -OCH3 is 1. The summed E-state index contributed by atoms with van der Waals surface area (Å²) in [5.41, 5.74) is 7.65. The number of carboxylic acids is 1. The molecule has 1 aromatic heterocycles. The first-order chi connectivity index (χ1) is 18.0. The van der Waals surface area contributed by atoms with Crippen LogP contribution >= 0.6 is 0 Å². The van der Waals surface area contributed by atoms with Crippen LogP contribution in [-0.2, 0) is 30.3 Å². The number of benzene rings is 1. The first-order valence-corrected chi connectivity index (χ1v) is 12.6. The van der Waals surface area contributed by atoms with Crippen molar-refractivity contribution in [3.8, 4) is 0 Å². The smallest absolute Gasteiger partial charge is 0.328 e. The van der Waals surface area contributed by atoms with Crippen LogP contribution in [-0.4, -0.2) is 83.4 Å². The average molecular weight is 534 g/mol. The van der Waals surface area contributed by atoms with Gasteiger partial charge < -0.3 is 41.6 Å². The highest BCUT2D eigenvalue weighted by Gasteiger charge is 2.31. The zero-order chi connectivity index (χ0) is 28.2. The Morgan fingerprint density at radius 2 is 1.74 bits per heavy atom. The summed E-state index contributed by atoms with van der Waals surface area (Å²) in [5.74, 6) is -2.95. The number of H-pyrrole nitrogens is 1. The third kappa shape index (κ3) is 9.43. The van der Waals surface area contributed by atoms with Crippen molar-refractivity contribution < 1.29 is 34.1 Å². The minimum Gasteiger partial charge on any atom is -0.481 e. The van der Waals surface area contributed by atoms with E-state index in [9.17, 15) is 24.3 Å². The third-order valence-electron chi connectivity index (χ3n) is 6.09. The zero-order valence-electron chi connectivity index (χ0n) is 22.0. The summed E-state index contributed by atoms with van der Waals surface area (Å²) < 4.78 is 4.91. The third-order valence-corrected chi connectivity index (χ3v) is 6.09. The van der Waals surface area contributed by atoms with Gasteiger partial charge in [0.1, 0.15) is 18.2 Å². The average Bonchev–Trinajstić information content (AvgIpc) is 3.28. The lowest BCUT2D eigenvalue weighted by atomic mass is 10.00. The van der Waals surface area contributed by atoms with Crippen LogP contribution in [0.1, 0.15) is 38.7 Å². The maximum Gasteiger partial charge on any atom is 0.328 e. The number of carbonyl (C=O) groups is 4. The highest BCUT2D eigenvalue weighted by molar-refractivity contribution is 5.92. The fraction of sp³-hybridized carbons (Fsp3) is 0.538. The number of aromatic amines is 1. The highest BCUT2D eigenvalue weighted by Crippen LogP contribution is 2.19. The summed E-state index contributed by atoms with van der Waals surface area (Å²) in [6.45, 7) is 4.30. The van der Waals surface area contributed by atoms with Crippen molar-refractivity contribution >= 4 is 34.7 Å². The number of carboxylic acid groups (broad SMARTS) is 1. The molecule has 0 spiro atoms. The van der Waals surface area contributed by atoms with Gasteiger partial charge in [0, 0.05) is 36.1 Å². The largest absolute Gasteiger partial charge is 0.481 e. The molecule has 1 heterocycles. The van der Waals surface area contributed by atoms with Gasteiger partial charge in [-0.25, -0.2) is 4.79 Å². The van der Waals surface area contributed by atoms with E-state index in [1.54, 1.807) is 6.20 Å². The van der Waals surface area contributed by atoms with E-state index in [2.05, 4.69) is 20.9 Å². The second-order valence-corrected chi connectivity index (χ2v) is 9.63. The number of aromatic nitrogens is 1. The molecule has 0 saturated carbocycles. The molecule has 8 N–H and O–H groups in total. The molecule has 0 saturated heterocycles. The number of hydrogen-bond donors (Lipinski definition) is 7. The molecule has 0 aliphatic rings. The standard InChI is InChI=1S/C26H39N5O7/c1-15(2)12-20(30-25(36)23(34)18(27)8-10-28-11-9-22(32)33)24(35)31-21(26(37)38-3)13-16-14-29-19-7-5-4-6-17(16)19/h4-7,14-15,18,20-21,23,28-29,34H,8-13,27H2,1-3H3,(H,30,36)(H,31,35)(H,32,33)/t18-,20+,21+,23+/m1/s1. The van der Waals surface area contributed by atoms with E-state index in [0.29, 0.717) is 6.54 Å². The van der Waals surface area contributed by atoms with Crippen molar-refractivity contribution in [2.24, 2.45) is 11.7 Å². The fourth-order valence-electron chi connectivity index (χ4n) is 4.03. The molecule has 0 aliphatic carbocycles. The van der Waals surface area contributed by atoms with E-state index in [1.165, 1.54) is 7.11 Å². The number of esters is 1. The van der Waals surface area contributed by atoms with E-state index in [0.717, 1.165) is 16.5 Å². The predicted molar refractivity (Wildman–Crippen MR) is 141 cm³/mol. The van der Waals surface area contributed by atoms with Gasteiger partial charge in [-0.15, -0.1) is 0 Å². The van der Waals surface area contributed by atoms with Gasteiger partial charge in [0.15, 0.2) is 0 Å². The molecule has 0 aliphatic heterocycles. The molecular weight excluding hydrogens is 494 g/mol. The number of aliphatic hydroxyl groups excluding tert-OH is 1. The Labute approximate surface area is 221 Å². The molecule has 2 rings (SSSR count). The van der Waals surface area contributed by atoms with Gasteiger partial charge in [0.05, 0.1) is 13.5 Å². The number of ether oxygens (including phenoxy) is 1. The Kier molecular flexibility index (Phi) is 12.2. The van der Waals surface area contributed by atoms with E-state index < -0.39 is 48.0 Å². The molecule has 38 heavy (non-hydrogen) atoms. The predicted octanol–water partition coefficient (Wildman–Crippen LogP) is 0.0417. The number of amides is 2. The number of carbonyl (C=O) groups excluding carboxylic acids is 3. The quantitative estimate of drug-likeness (QED) is 0.115.